The van der Waals surface area contributed by atoms with Crippen molar-refractivity contribution in [3.63, 3.8) is 0 Å². The Morgan fingerprint density at radius 2 is 2.44 bits per heavy atom. The predicted molar refractivity (Wildman–Crippen MR) is 34.6 cm³/mol. The van der Waals surface area contributed by atoms with Crippen molar-refractivity contribution < 1.29 is 0 Å². The summed E-state index contributed by atoms with van der Waals surface area (Å²) in [5.41, 5.74) is 0.196. The molecule has 0 bridgehead atoms. The van der Waals surface area contributed by atoms with Crippen molar-refractivity contribution in [1.29, 1.82) is 0 Å². The molecular weight excluding hydrogens is 140 g/mol. The fraction of sp³-hybridized carbons (Fsp3) is 0.200. The zero-order valence-corrected chi connectivity index (χ0v) is 5.57. The summed E-state index contributed by atoms with van der Waals surface area (Å²) >= 11 is 5.40. The Labute approximate surface area is 56.7 Å². The van der Waals surface area contributed by atoms with E-state index in [1.54, 1.807) is 6.92 Å². The highest BCUT2D eigenvalue weighted by molar-refractivity contribution is 6.29. The van der Waals surface area contributed by atoms with Crippen LogP contribution in [0.3, 0.4) is 0 Å². The van der Waals surface area contributed by atoms with Crippen molar-refractivity contribution in [3.8, 4) is 0 Å². The molecule has 0 atom stereocenters. The number of rotatable bonds is 0. The molecule has 0 amide bonds. The Kier molecular flexibility index (Phi) is 1.53. The van der Waals surface area contributed by atoms with Gasteiger partial charge in [-0.3, -0.25) is 9.78 Å². The molecule has 3 nitrogen and oxygen atoms in total. The molecule has 1 heterocycles. The van der Waals surface area contributed by atoms with Crippen LogP contribution in [0.2, 0.25) is 5.15 Å². The largest absolute Gasteiger partial charge is 0.310 e. The number of hydrogen-bond donors (Lipinski definition) is 1. The highest BCUT2D eigenvalue weighted by Crippen LogP contribution is 1.95. The summed E-state index contributed by atoms with van der Waals surface area (Å²) in [6, 6.07) is 0. The van der Waals surface area contributed by atoms with Gasteiger partial charge in [0.1, 0.15) is 10.8 Å². The number of aryl methyl sites for hydroxylation is 1. The number of hydrogen-bond acceptors (Lipinski definition) is 2. The lowest BCUT2D eigenvalue weighted by Crippen LogP contribution is -2.10. The molecule has 9 heavy (non-hydrogen) atoms. The van der Waals surface area contributed by atoms with E-state index in [2.05, 4.69) is 9.97 Å². The van der Waals surface area contributed by atoms with E-state index in [1.165, 1.54) is 6.20 Å². The maximum atomic E-state index is 10.6. The monoisotopic (exact) mass is 144 g/mol. The van der Waals surface area contributed by atoms with E-state index in [0.717, 1.165) is 0 Å². The molecule has 0 aliphatic rings. The van der Waals surface area contributed by atoms with Gasteiger partial charge in [-0.15, -0.1) is 0 Å². The summed E-state index contributed by atoms with van der Waals surface area (Å²) in [4.78, 5) is 16.7. The van der Waals surface area contributed by atoms with Crippen LogP contribution in [0.1, 0.15) is 5.69 Å². The first-order valence-electron chi connectivity index (χ1n) is 2.41. The first-order chi connectivity index (χ1) is 4.20. The van der Waals surface area contributed by atoms with E-state index in [9.17, 15) is 4.79 Å². The van der Waals surface area contributed by atoms with Gasteiger partial charge < -0.3 is 4.98 Å². The van der Waals surface area contributed by atoms with E-state index in [1.807, 2.05) is 0 Å². The number of aromatic amines is 1. The zero-order valence-electron chi connectivity index (χ0n) is 4.81. The van der Waals surface area contributed by atoms with Gasteiger partial charge >= 0.3 is 0 Å². The molecule has 0 saturated carbocycles. The predicted octanol–water partition coefficient (Wildman–Crippen LogP) is 0.732. The van der Waals surface area contributed by atoms with Gasteiger partial charge in [0.25, 0.3) is 5.56 Å². The lowest BCUT2D eigenvalue weighted by Gasteiger charge is -1.88. The van der Waals surface area contributed by atoms with Crippen molar-refractivity contribution in [1.82, 2.24) is 9.97 Å². The van der Waals surface area contributed by atoms with E-state index < -0.39 is 0 Å². The topological polar surface area (TPSA) is 45.8 Å². The average molecular weight is 145 g/mol. The standard InChI is InChI=1S/C5H5ClN2O/c1-3-5(9)8-4(6)2-7-3/h2H,1H3,(H,8,9). The van der Waals surface area contributed by atoms with Crippen molar-refractivity contribution in [2.75, 3.05) is 0 Å². The van der Waals surface area contributed by atoms with Crippen molar-refractivity contribution in [2.24, 2.45) is 0 Å². The Morgan fingerprint density at radius 1 is 1.78 bits per heavy atom. The van der Waals surface area contributed by atoms with Crippen LogP contribution in [0.15, 0.2) is 11.0 Å². The Bertz CT molecular complexity index is 268. The molecule has 1 aromatic rings. The van der Waals surface area contributed by atoms with Gasteiger partial charge in [0.2, 0.25) is 0 Å². The molecule has 4 heteroatoms. The van der Waals surface area contributed by atoms with Crippen molar-refractivity contribution >= 4 is 11.6 Å². The normalized spacial score (nSPS) is 9.56. The summed E-state index contributed by atoms with van der Waals surface area (Å²) in [6.45, 7) is 1.62. The van der Waals surface area contributed by atoms with E-state index in [4.69, 9.17) is 11.6 Å². The van der Waals surface area contributed by atoms with E-state index in [0.29, 0.717) is 5.69 Å². The molecule has 1 rings (SSSR count). The molecule has 1 aromatic heterocycles. The summed E-state index contributed by atoms with van der Waals surface area (Å²) in [5.74, 6) is 0. The Hall–Kier alpha value is -0.830. The van der Waals surface area contributed by atoms with Gasteiger partial charge in [-0.25, -0.2) is 0 Å². The van der Waals surface area contributed by atoms with Gasteiger partial charge in [-0.05, 0) is 6.92 Å². The molecule has 0 unspecified atom stereocenters. The minimum Gasteiger partial charge on any atom is -0.310 e. The highest BCUT2D eigenvalue weighted by Gasteiger charge is 1.92. The number of nitrogens with one attached hydrogen (secondary N) is 1. The second-order valence-electron chi connectivity index (χ2n) is 1.65. The van der Waals surface area contributed by atoms with Crippen molar-refractivity contribution in [2.45, 2.75) is 6.92 Å². The summed E-state index contributed by atoms with van der Waals surface area (Å²) in [7, 11) is 0. The number of H-pyrrole nitrogens is 1. The van der Waals surface area contributed by atoms with E-state index in [-0.39, 0.29) is 10.7 Å². The first-order valence-corrected chi connectivity index (χ1v) is 2.79. The fourth-order valence-electron chi connectivity index (χ4n) is 0.443. The molecule has 0 spiro atoms. The third-order valence-electron chi connectivity index (χ3n) is 0.933. The second kappa shape index (κ2) is 2.19. The van der Waals surface area contributed by atoms with Gasteiger partial charge in [-0.2, -0.15) is 0 Å². The molecule has 0 fully saturated rings. The molecule has 1 N–H and O–H groups in total. The third-order valence-corrected chi connectivity index (χ3v) is 1.13. The molecule has 0 aromatic carbocycles. The summed E-state index contributed by atoms with van der Waals surface area (Å²) in [5, 5.41) is 0.269. The molecular formula is C5H5ClN2O. The van der Waals surface area contributed by atoms with Gasteiger partial charge in [0, 0.05) is 0 Å². The summed E-state index contributed by atoms with van der Waals surface area (Å²) < 4.78 is 0. The second-order valence-corrected chi connectivity index (χ2v) is 2.05. The van der Waals surface area contributed by atoms with Crippen LogP contribution in [0.25, 0.3) is 0 Å². The molecule has 0 saturated heterocycles. The first kappa shape index (κ1) is 6.29. The van der Waals surface area contributed by atoms with Crippen LogP contribution in [-0.2, 0) is 0 Å². The van der Waals surface area contributed by atoms with Crippen LogP contribution in [0, 0.1) is 6.92 Å². The lowest BCUT2D eigenvalue weighted by molar-refractivity contribution is 1.06. The average Bonchev–Trinajstić information content (AvgIpc) is 1.80. The van der Waals surface area contributed by atoms with Crippen molar-refractivity contribution in [3.05, 3.63) is 27.4 Å². The zero-order chi connectivity index (χ0) is 6.85. The fourth-order valence-corrected chi connectivity index (χ4v) is 0.578. The molecule has 0 aliphatic heterocycles. The van der Waals surface area contributed by atoms with Crippen LogP contribution >= 0.6 is 11.6 Å². The molecule has 0 radical (unpaired) electrons. The summed E-state index contributed by atoms with van der Waals surface area (Å²) in [6.07, 6.45) is 1.40. The Morgan fingerprint density at radius 3 is 2.89 bits per heavy atom. The van der Waals surface area contributed by atoms with Gasteiger partial charge in [0.05, 0.1) is 6.20 Å². The maximum Gasteiger partial charge on any atom is 0.270 e. The van der Waals surface area contributed by atoms with Crippen LogP contribution in [-0.4, -0.2) is 9.97 Å². The Balaban J connectivity index is 3.34. The number of nitrogens with zero attached hydrogens (tertiary/aromatic N) is 1. The van der Waals surface area contributed by atoms with Crippen LogP contribution in [0.4, 0.5) is 0 Å². The number of aromatic nitrogens is 2. The maximum absolute atomic E-state index is 10.6. The van der Waals surface area contributed by atoms with E-state index >= 15 is 0 Å². The smallest absolute Gasteiger partial charge is 0.270 e. The molecule has 0 aliphatic carbocycles. The number of halogens is 1. The van der Waals surface area contributed by atoms with Gasteiger partial charge in [-0.1, -0.05) is 11.6 Å². The highest BCUT2D eigenvalue weighted by atomic mass is 35.5. The molecule has 48 valence electrons. The lowest BCUT2D eigenvalue weighted by atomic mass is 10.5. The van der Waals surface area contributed by atoms with Crippen LogP contribution < -0.4 is 5.56 Å². The minimum absolute atomic E-state index is 0.234. The minimum atomic E-state index is -0.234. The third kappa shape index (κ3) is 1.29. The van der Waals surface area contributed by atoms with Gasteiger partial charge in [0.15, 0.2) is 0 Å². The van der Waals surface area contributed by atoms with Crippen LogP contribution in [0.5, 0.6) is 0 Å². The quantitative estimate of drug-likeness (QED) is 0.584. The SMILES string of the molecule is Cc1ncc(Cl)[nH]c1=O.